The molecule has 2 amide bonds. The highest BCUT2D eigenvalue weighted by Crippen LogP contribution is 2.34. The van der Waals surface area contributed by atoms with Crippen molar-refractivity contribution in [2.45, 2.75) is 44.7 Å². The zero-order chi connectivity index (χ0) is 25.8. The van der Waals surface area contributed by atoms with Crippen molar-refractivity contribution in [3.05, 3.63) is 70.0 Å². The number of anilines is 1. The summed E-state index contributed by atoms with van der Waals surface area (Å²) in [6.07, 6.45) is -4.56. The van der Waals surface area contributed by atoms with Crippen molar-refractivity contribution in [3.63, 3.8) is 0 Å². The number of rotatable bonds is 8. The number of carbonyl (C=O) groups excluding carboxylic acids is 2. The number of hydrogen-bond donors (Lipinski definition) is 2. The summed E-state index contributed by atoms with van der Waals surface area (Å²) in [5.74, 6) is -0.412. The van der Waals surface area contributed by atoms with Crippen LogP contribution < -0.4 is 10.6 Å². The highest BCUT2D eigenvalue weighted by Gasteiger charge is 2.31. The number of alkyl halides is 3. The Labute approximate surface area is 209 Å². The van der Waals surface area contributed by atoms with Gasteiger partial charge in [-0.05, 0) is 50.6 Å². The monoisotopic (exact) mass is 525 g/mol. The molecule has 1 heterocycles. The molecule has 0 aliphatic rings. The van der Waals surface area contributed by atoms with Crippen LogP contribution in [-0.4, -0.2) is 32.3 Å². The third kappa shape index (κ3) is 6.55. The normalized spacial score (nSPS) is 12.3. The molecule has 12 heteroatoms. The Morgan fingerprint density at radius 2 is 1.89 bits per heavy atom. The third-order valence-corrected chi connectivity index (χ3v) is 6.38. The summed E-state index contributed by atoms with van der Waals surface area (Å²) in [7, 11) is 0. The van der Waals surface area contributed by atoms with Crippen LogP contribution in [0.2, 0.25) is 5.02 Å². The van der Waals surface area contributed by atoms with Gasteiger partial charge >= 0.3 is 6.18 Å². The lowest BCUT2D eigenvalue weighted by molar-refractivity contribution is -0.137. The first-order valence-corrected chi connectivity index (χ1v) is 12.0. The Hall–Kier alpha value is -3.05. The average molecular weight is 526 g/mol. The highest BCUT2D eigenvalue weighted by atomic mass is 35.5. The van der Waals surface area contributed by atoms with Gasteiger partial charge in [0.25, 0.3) is 5.91 Å². The summed E-state index contributed by atoms with van der Waals surface area (Å²) < 4.78 is 40.6. The van der Waals surface area contributed by atoms with E-state index in [2.05, 4.69) is 20.8 Å². The van der Waals surface area contributed by atoms with E-state index in [9.17, 15) is 22.8 Å². The second kappa shape index (κ2) is 11.1. The Bertz CT molecular complexity index is 1230. The van der Waals surface area contributed by atoms with Gasteiger partial charge in [-0.1, -0.05) is 41.6 Å². The minimum Gasteiger partial charge on any atom is -0.342 e. The molecule has 0 fully saturated rings. The predicted octanol–water partition coefficient (Wildman–Crippen LogP) is 5.50. The predicted molar refractivity (Wildman–Crippen MR) is 129 cm³/mol. The SMILES string of the molecule is CCn1c(SCC(=O)Nc2cc(C(F)(F)F)ccc2Cl)nnc1[C@@H](C)NC(=O)c1ccccc1C. The molecule has 0 aliphatic heterocycles. The largest absolute Gasteiger partial charge is 0.416 e. The molecule has 3 aromatic rings. The minimum atomic E-state index is -4.56. The molecule has 0 bridgehead atoms. The zero-order valence-corrected chi connectivity index (χ0v) is 20.7. The number of benzene rings is 2. The number of carbonyl (C=O) groups is 2. The fourth-order valence-corrected chi connectivity index (χ4v) is 4.28. The molecule has 3 rings (SSSR count). The molecule has 0 saturated carbocycles. The molecule has 186 valence electrons. The van der Waals surface area contributed by atoms with Crippen molar-refractivity contribution in [2.24, 2.45) is 0 Å². The van der Waals surface area contributed by atoms with Crippen molar-refractivity contribution in [3.8, 4) is 0 Å². The average Bonchev–Trinajstić information content (AvgIpc) is 3.21. The number of thioether (sulfide) groups is 1. The summed E-state index contributed by atoms with van der Waals surface area (Å²) in [4.78, 5) is 25.0. The fraction of sp³-hybridized carbons (Fsp3) is 0.304. The smallest absolute Gasteiger partial charge is 0.342 e. The lowest BCUT2D eigenvalue weighted by Crippen LogP contribution is -2.29. The van der Waals surface area contributed by atoms with Crippen LogP contribution >= 0.6 is 23.4 Å². The van der Waals surface area contributed by atoms with E-state index < -0.39 is 23.7 Å². The molecule has 0 spiro atoms. The molecular weight excluding hydrogens is 503 g/mol. The summed E-state index contributed by atoms with van der Waals surface area (Å²) in [6.45, 7) is 5.98. The highest BCUT2D eigenvalue weighted by molar-refractivity contribution is 7.99. The molecule has 35 heavy (non-hydrogen) atoms. The van der Waals surface area contributed by atoms with Gasteiger partial charge in [0.1, 0.15) is 0 Å². The van der Waals surface area contributed by atoms with E-state index in [-0.39, 0.29) is 22.4 Å². The Balaban J connectivity index is 1.66. The molecule has 0 aliphatic carbocycles. The molecule has 0 radical (unpaired) electrons. The number of hydrogen-bond acceptors (Lipinski definition) is 5. The first-order chi connectivity index (χ1) is 16.5. The molecule has 2 aromatic carbocycles. The molecular formula is C23H23ClF3N5O2S. The van der Waals surface area contributed by atoms with Gasteiger partial charge in [-0.2, -0.15) is 13.2 Å². The molecule has 1 atom stereocenters. The van der Waals surface area contributed by atoms with Crippen molar-refractivity contribution in [1.29, 1.82) is 0 Å². The van der Waals surface area contributed by atoms with Crippen LogP contribution in [0.5, 0.6) is 0 Å². The molecule has 1 aromatic heterocycles. The minimum absolute atomic E-state index is 0.00594. The molecule has 0 saturated heterocycles. The summed E-state index contributed by atoms with van der Waals surface area (Å²) >= 11 is 7.01. The van der Waals surface area contributed by atoms with E-state index in [0.29, 0.717) is 23.1 Å². The van der Waals surface area contributed by atoms with Crippen molar-refractivity contribution in [1.82, 2.24) is 20.1 Å². The van der Waals surface area contributed by atoms with Gasteiger partial charge in [-0.15, -0.1) is 10.2 Å². The van der Waals surface area contributed by atoms with Gasteiger partial charge < -0.3 is 15.2 Å². The van der Waals surface area contributed by atoms with Gasteiger partial charge in [0.05, 0.1) is 28.1 Å². The summed E-state index contributed by atoms with van der Waals surface area (Å²) in [5.41, 5.74) is 0.359. The van der Waals surface area contributed by atoms with Gasteiger partial charge in [0.2, 0.25) is 5.91 Å². The standard InChI is InChI=1S/C23H23ClF3N5O2S/c1-4-32-20(14(3)28-21(34)16-8-6-5-7-13(16)2)30-31-22(32)35-12-19(33)29-18-11-15(23(25,26)27)9-10-17(18)24/h5-11,14H,4,12H2,1-3H3,(H,28,34)(H,29,33)/t14-/m1/s1. The van der Waals surface area contributed by atoms with Crippen LogP contribution in [0.25, 0.3) is 0 Å². The molecule has 7 nitrogen and oxygen atoms in total. The van der Waals surface area contributed by atoms with Crippen LogP contribution in [0.1, 0.15) is 47.2 Å². The maximum Gasteiger partial charge on any atom is 0.416 e. The number of nitrogens with one attached hydrogen (secondary N) is 2. The van der Waals surface area contributed by atoms with E-state index in [1.807, 2.05) is 26.0 Å². The van der Waals surface area contributed by atoms with Gasteiger partial charge in [-0.25, -0.2) is 0 Å². The van der Waals surface area contributed by atoms with Crippen LogP contribution in [-0.2, 0) is 17.5 Å². The van der Waals surface area contributed by atoms with E-state index in [0.717, 1.165) is 35.5 Å². The number of amides is 2. The third-order valence-electron chi connectivity index (χ3n) is 5.09. The van der Waals surface area contributed by atoms with Gasteiger partial charge in [0.15, 0.2) is 11.0 Å². The topological polar surface area (TPSA) is 88.9 Å². The quantitative estimate of drug-likeness (QED) is 0.379. The van der Waals surface area contributed by atoms with E-state index in [4.69, 9.17) is 11.6 Å². The van der Waals surface area contributed by atoms with E-state index in [1.165, 1.54) is 0 Å². The van der Waals surface area contributed by atoms with E-state index in [1.54, 1.807) is 23.6 Å². The Morgan fingerprint density at radius 3 is 2.54 bits per heavy atom. The number of aryl methyl sites for hydroxylation is 1. The molecule has 0 unspecified atom stereocenters. The van der Waals surface area contributed by atoms with Crippen LogP contribution in [0, 0.1) is 6.92 Å². The zero-order valence-electron chi connectivity index (χ0n) is 19.1. The maximum atomic E-state index is 12.9. The first kappa shape index (κ1) is 26.6. The Kier molecular flexibility index (Phi) is 8.44. The number of halogens is 4. The van der Waals surface area contributed by atoms with Crippen LogP contribution in [0.4, 0.5) is 18.9 Å². The maximum absolute atomic E-state index is 12.9. The molecule has 2 N–H and O–H groups in total. The number of aromatic nitrogens is 3. The van der Waals surface area contributed by atoms with Crippen LogP contribution in [0.3, 0.4) is 0 Å². The summed E-state index contributed by atoms with van der Waals surface area (Å²) in [6, 6.07) is 9.48. The van der Waals surface area contributed by atoms with Gasteiger partial charge in [0, 0.05) is 12.1 Å². The van der Waals surface area contributed by atoms with Crippen molar-refractivity contribution < 1.29 is 22.8 Å². The van der Waals surface area contributed by atoms with Crippen molar-refractivity contribution in [2.75, 3.05) is 11.1 Å². The van der Waals surface area contributed by atoms with Crippen molar-refractivity contribution >= 4 is 40.9 Å². The lowest BCUT2D eigenvalue weighted by atomic mass is 10.1. The summed E-state index contributed by atoms with van der Waals surface area (Å²) in [5, 5.41) is 14.0. The second-order valence-electron chi connectivity index (χ2n) is 7.62. The first-order valence-electron chi connectivity index (χ1n) is 10.6. The Morgan fingerprint density at radius 1 is 1.17 bits per heavy atom. The second-order valence-corrected chi connectivity index (χ2v) is 8.97. The number of nitrogens with zero attached hydrogens (tertiary/aromatic N) is 3. The lowest BCUT2D eigenvalue weighted by Gasteiger charge is -2.16. The van der Waals surface area contributed by atoms with E-state index >= 15 is 0 Å². The van der Waals surface area contributed by atoms with Gasteiger partial charge in [-0.3, -0.25) is 9.59 Å². The fourth-order valence-electron chi connectivity index (χ4n) is 3.30. The van der Waals surface area contributed by atoms with Crippen LogP contribution in [0.15, 0.2) is 47.6 Å².